The van der Waals surface area contributed by atoms with Crippen molar-refractivity contribution in [1.29, 1.82) is 0 Å². The second-order valence-electron chi connectivity index (χ2n) is 12.7. The molecule has 10 atom stereocenters. The number of carbonyl (C=O) groups excluding carboxylic acids is 1. The SMILES string of the molecule is C[C@@H]1CCC[C@H](OCCC[C@]2(C)C3C[C@@H](O)[C@]4(C)[C@@H](C5=CC(=O)OC5)CC[C@@H]4C3CC[C@@H]2C)O1. The average molecular weight is 475 g/mol. The summed E-state index contributed by atoms with van der Waals surface area (Å²) < 4.78 is 17.3. The molecule has 34 heavy (non-hydrogen) atoms. The third-order valence-electron chi connectivity index (χ3n) is 11.2. The summed E-state index contributed by atoms with van der Waals surface area (Å²) in [7, 11) is 0. The van der Waals surface area contributed by atoms with Crippen molar-refractivity contribution in [3.8, 4) is 0 Å². The fraction of sp³-hybridized carbons (Fsp3) is 0.897. The van der Waals surface area contributed by atoms with Gasteiger partial charge in [0, 0.05) is 18.1 Å². The van der Waals surface area contributed by atoms with E-state index in [1.807, 2.05) is 0 Å². The molecule has 5 nitrogen and oxygen atoms in total. The highest BCUT2D eigenvalue weighted by Gasteiger charge is 2.62. The number of esters is 1. The molecule has 2 unspecified atom stereocenters. The molecule has 4 fully saturated rings. The van der Waals surface area contributed by atoms with E-state index in [0.717, 1.165) is 57.1 Å². The third-order valence-corrected chi connectivity index (χ3v) is 11.2. The summed E-state index contributed by atoms with van der Waals surface area (Å²) in [5, 5.41) is 11.7. The maximum absolute atomic E-state index is 11.8. The zero-order valence-electron chi connectivity index (χ0n) is 21.8. The fourth-order valence-corrected chi connectivity index (χ4v) is 8.99. The normalized spacial score (nSPS) is 48.7. The van der Waals surface area contributed by atoms with Crippen molar-refractivity contribution in [2.75, 3.05) is 13.2 Å². The summed E-state index contributed by atoms with van der Waals surface area (Å²) >= 11 is 0. The highest BCUT2D eigenvalue weighted by molar-refractivity contribution is 5.85. The van der Waals surface area contributed by atoms with Gasteiger partial charge in [0.25, 0.3) is 0 Å². The van der Waals surface area contributed by atoms with E-state index < -0.39 is 0 Å². The lowest BCUT2D eigenvalue weighted by atomic mass is 9.45. The summed E-state index contributed by atoms with van der Waals surface area (Å²) in [6.07, 6.45) is 12.9. The molecule has 1 saturated heterocycles. The zero-order chi connectivity index (χ0) is 24.1. The van der Waals surface area contributed by atoms with Gasteiger partial charge in [0.1, 0.15) is 6.61 Å². The van der Waals surface area contributed by atoms with Gasteiger partial charge in [-0.2, -0.15) is 0 Å². The van der Waals surface area contributed by atoms with Crippen LogP contribution in [-0.4, -0.2) is 42.8 Å². The Kier molecular flexibility index (Phi) is 6.93. The van der Waals surface area contributed by atoms with E-state index in [0.29, 0.717) is 36.4 Å². The van der Waals surface area contributed by atoms with Crippen molar-refractivity contribution < 1.29 is 24.1 Å². The molecule has 0 amide bonds. The summed E-state index contributed by atoms with van der Waals surface area (Å²) in [5.41, 5.74) is 1.22. The second-order valence-corrected chi connectivity index (χ2v) is 12.7. The molecule has 5 aliphatic rings. The van der Waals surface area contributed by atoms with E-state index in [9.17, 15) is 9.90 Å². The molecule has 0 spiro atoms. The summed E-state index contributed by atoms with van der Waals surface area (Å²) in [6.45, 7) is 10.6. The largest absolute Gasteiger partial charge is 0.458 e. The molecule has 0 radical (unpaired) electrons. The van der Waals surface area contributed by atoms with Crippen LogP contribution in [0.1, 0.15) is 91.9 Å². The number of rotatable bonds is 6. The van der Waals surface area contributed by atoms with Gasteiger partial charge in [-0.1, -0.05) is 20.8 Å². The van der Waals surface area contributed by atoms with Crippen LogP contribution in [0.4, 0.5) is 0 Å². The summed E-state index contributed by atoms with van der Waals surface area (Å²) in [6, 6.07) is 0. The van der Waals surface area contributed by atoms with Crippen LogP contribution >= 0.6 is 0 Å². The van der Waals surface area contributed by atoms with Crippen molar-refractivity contribution in [3.05, 3.63) is 11.6 Å². The molecule has 0 aromatic heterocycles. The Morgan fingerprint density at radius 3 is 2.65 bits per heavy atom. The maximum atomic E-state index is 11.8. The van der Waals surface area contributed by atoms with Crippen molar-refractivity contribution in [2.45, 2.75) is 110 Å². The van der Waals surface area contributed by atoms with E-state index in [1.54, 1.807) is 6.08 Å². The molecule has 0 aromatic rings. The van der Waals surface area contributed by atoms with E-state index in [-0.39, 0.29) is 35.1 Å². The lowest BCUT2D eigenvalue weighted by Gasteiger charge is -2.60. The van der Waals surface area contributed by atoms with Crippen LogP contribution in [-0.2, 0) is 19.0 Å². The van der Waals surface area contributed by atoms with Gasteiger partial charge >= 0.3 is 5.97 Å². The van der Waals surface area contributed by atoms with E-state index >= 15 is 0 Å². The number of hydrogen-bond donors (Lipinski definition) is 1. The van der Waals surface area contributed by atoms with Gasteiger partial charge in [-0.25, -0.2) is 4.79 Å². The Balaban J connectivity index is 1.27. The molecular weight excluding hydrogens is 428 g/mol. The molecule has 5 heteroatoms. The van der Waals surface area contributed by atoms with Crippen LogP contribution in [0.25, 0.3) is 0 Å². The molecule has 0 aromatic carbocycles. The molecule has 3 aliphatic carbocycles. The second kappa shape index (κ2) is 9.52. The van der Waals surface area contributed by atoms with Gasteiger partial charge in [0.2, 0.25) is 0 Å². The first kappa shape index (κ1) is 24.8. The lowest BCUT2D eigenvalue weighted by molar-refractivity contribution is -0.192. The van der Waals surface area contributed by atoms with Gasteiger partial charge in [-0.05, 0) is 112 Å². The van der Waals surface area contributed by atoms with Gasteiger partial charge < -0.3 is 19.3 Å². The Bertz CT molecular complexity index is 793. The number of cyclic esters (lactones) is 1. The lowest BCUT2D eigenvalue weighted by Crippen LogP contribution is -2.57. The van der Waals surface area contributed by atoms with Crippen molar-refractivity contribution >= 4 is 5.97 Å². The number of fused-ring (bicyclic) bond motifs is 3. The molecule has 2 heterocycles. The molecular formula is C29H46O5. The van der Waals surface area contributed by atoms with Gasteiger partial charge in [0.15, 0.2) is 6.29 Å². The number of ether oxygens (including phenoxy) is 3. The highest BCUT2D eigenvalue weighted by atomic mass is 16.7. The fourth-order valence-electron chi connectivity index (χ4n) is 8.99. The first-order chi connectivity index (χ1) is 16.2. The Morgan fingerprint density at radius 2 is 1.91 bits per heavy atom. The Labute approximate surface area is 206 Å². The van der Waals surface area contributed by atoms with Crippen LogP contribution in [0, 0.1) is 40.4 Å². The predicted octanol–water partition coefficient (Wildman–Crippen LogP) is 5.65. The smallest absolute Gasteiger partial charge is 0.331 e. The number of hydrogen-bond acceptors (Lipinski definition) is 5. The van der Waals surface area contributed by atoms with Crippen LogP contribution in [0.2, 0.25) is 0 Å². The van der Waals surface area contributed by atoms with Gasteiger partial charge in [0.05, 0.1) is 12.2 Å². The van der Waals surface area contributed by atoms with Crippen LogP contribution in [0.3, 0.4) is 0 Å². The molecule has 5 rings (SSSR count). The minimum atomic E-state index is -0.319. The molecule has 192 valence electrons. The Morgan fingerprint density at radius 1 is 1.09 bits per heavy atom. The van der Waals surface area contributed by atoms with Crippen molar-refractivity contribution in [2.24, 2.45) is 40.4 Å². The zero-order valence-corrected chi connectivity index (χ0v) is 21.8. The van der Waals surface area contributed by atoms with E-state index in [4.69, 9.17) is 14.2 Å². The van der Waals surface area contributed by atoms with Gasteiger partial charge in [-0.15, -0.1) is 0 Å². The molecule has 0 bridgehead atoms. The molecule has 3 saturated carbocycles. The van der Waals surface area contributed by atoms with Crippen molar-refractivity contribution in [1.82, 2.24) is 0 Å². The summed E-state index contributed by atoms with van der Waals surface area (Å²) in [4.78, 5) is 11.8. The first-order valence-corrected chi connectivity index (χ1v) is 14.1. The molecule has 1 N–H and O–H groups in total. The predicted molar refractivity (Wildman–Crippen MR) is 131 cm³/mol. The topological polar surface area (TPSA) is 65.0 Å². The number of aliphatic hydroxyl groups is 1. The van der Waals surface area contributed by atoms with Crippen molar-refractivity contribution in [3.63, 3.8) is 0 Å². The third kappa shape index (κ3) is 4.18. The first-order valence-electron chi connectivity index (χ1n) is 14.1. The average Bonchev–Trinajstić information content (AvgIpc) is 3.38. The van der Waals surface area contributed by atoms with Crippen LogP contribution in [0.5, 0.6) is 0 Å². The Hall–Kier alpha value is -0.910. The maximum Gasteiger partial charge on any atom is 0.331 e. The number of aliphatic hydroxyl groups excluding tert-OH is 1. The molecule has 2 aliphatic heterocycles. The number of carbonyl (C=O) groups is 1. The minimum Gasteiger partial charge on any atom is -0.458 e. The summed E-state index contributed by atoms with van der Waals surface area (Å²) in [5.74, 6) is 2.49. The minimum absolute atomic E-state index is 0.0264. The van der Waals surface area contributed by atoms with Crippen LogP contribution in [0.15, 0.2) is 11.6 Å². The highest BCUT2D eigenvalue weighted by Crippen LogP contribution is 2.67. The van der Waals surface area contributed by atoms with Crippen LogP contribution < -0.4 is 0 Å². The monoisotopic (exact) mass is 474 g/mol. The van der Waals surface area contributed by atoms with Gasteiger partial charge in [-0.3, -0.25) is 0 Å². The quantitative estimate of drug-likeness (QED) is 0.398. The standard InChI is InChI=1S/C29H46O5/c1-18-9-10-21-23-12-11-22(20-15-26(31)33-17-20)29(23,4)25(30)16-24(21)28(18,3)13-6-14-32-27-8-5-7-19(2)34-27/h15,18-19,21-25,27,30H,5-14,16-17H2,1-4H3/t18-,19+,21?,22+,23+,24?,25+,27+,28-,29+/m0/s1. The van der Waals surface area contributed by atoms with E-state index in [1.165, 1.54) is 19.3 Å². The van der Waals surface area contributed by atoms with E-state index in [2.05, 4.69) is 27.7 Å².